The number of ether oxygens (including phenoxy) is 1. The number of aryl methyl sites for hydroxylation is 1. The molecule has 0 aromatic heterocycles. The van der Waals surface area contributed by atoms with Crippen LogP contribution in [-0.4, -0.2) is 82.0 Å². The van der Waals surface area contributed by atoms with E-state index in [1.807, 2.05) is 0 Å². The minimum Gasteiger partial charge on any atom is -0.744 e. The van der Waals surface area contributed by atoms with Crippen LogP contribution in [0.15, 0.2) is 101 Å². The van der Waals surface area contributed by atoms with Gasteiger partial charge in [0.05, 0.1) is 60.6 Å². The SMILES string of the molecule is COc1cc(N=Nc2ccc(N/N=C3/C(=O)c4c(N)cc(S(=O)(=O)[O-])cc4C=C3S(=O)(=O)[O-])cc2)c(C)cc1N/N=C1\C(=O)c2c(N)cc(S(=O)(=O)[O-])cc2C=C1S(=O)(=O)[O-].[Na+].[Na+].[Na+].[Na+]. The smallest absolute Gasteiger partial charge is 0.744 e. The van der Waals surface area contributed by atoms with Crippen LogP contribution in [0.25, 0.3) is 12.2 Å². The minimum atomic E-state index is -5.41. The molecule has 0 fully saturated rings. The molecule has 0 unspecified atom stereocenters. The molecule has 6 N–H and O–H groups in total. The summed E-state index contributed by atoms with van der Waals surface area (Å²) in [6.45, 7) is 1.59. The molecule has 23 nitrogen and oxygen atoms in total. The number of nitrogens with two attached hydrogens (primary N) is 2. The Morgan fingerprint density at radius 3 is 1.42 bits per heavy atom. The number of azo groups is 1. The predicted octanol–water partition coefficient (Wildman–Crippen LogP) is -9.49. The molecule has 0 aliphatic heterocycles. The van der Waals surface area contributed by atoms with E-state index in [1.165, 1.54) is 43.5 Å². The first-order valence-electron chi connectivity index (χ1n) is 16.4. The van der Waals surface area contributed by atoms with Gasteiger partial charge in [-0.15, -0.1) is 0 Å². The van der Waals surface area contributed by atoms with Gasteiger partial charge < -0.3 is 34.4 Å². The summed E-state index contributed by atoms with van der Waals surface area (Å²) in [4.78, 5) is 22.7. The zero-order valence-electron chi connectivity index (χ0n) is 34.6. The molecule has 65 heavy (non-hydrogen) atoms. The topological polar surface area (TPSA) is 398 Å². The van der Waals surface area contributed by atoms with Crippen molar-refractivity contribution in [3.05, 3.63) is 98.3 Å². The monoisotopic (exact) mass is 1000 g/mol. The maximum atomic E-state index is 13.4. The third-order valence-electron chi connectivity index (χ3n) is 8.63. The van der Waals surface area contributed by atoms with E-state index in [0.29, 0.717) is 42.0 Å². The quantitative estimate of drug-likeness (QED) is 0.0356. The van der Waals surface area contributed by atoms with E-state index in [2.05, 4.69) is 31.3 Å². The van der Waals surface area contributed by atoms with Crippen molar-refractivity contribution in [2.24, 2.45) is 20.4 Å². The molecule has 2 aliphatic rings. The fourth-order valence-corrected chi connectivity index (χ4v) is 8.20. The molecule has 0 amide bonds. The van der Waals surface area contributed by atoms with Crippen LogP contribution < -0.4 is 145 Å². The molecule has 2 aliphatic carbocycles. The summed E-state index contributed by atoms with van der Waals surface area (Å²) in [7, 11) is -19.7. The van der Waals surface area contributed by atoms with Gasteiger partial charge in [-0.1, -0.05) is 0 Å². The van der Waals surface area contributed by atoms with Crippen molar-refractivity contribution in [1.29, 1.82) is 0 Å². The number of fused-ring (bicyclic) bond motifs is 2. The zero-order valence-corrected chi connectivity index (χ0v) is 45.9. The summed E-state index contributed by atoms with van der Waals surface area (Å²) in [5.74, 6) is -2.28. The predicted molar refractivity (Wildman–Crippen MR) is 212 cm³/mol. The van der Waals surface area contributed by atoms with Crippen LogP contribution >= 0.6 is 0 Å². The average molecular weight is 1000 g/mol. The molecule has 318 valence electrons. The van der Waals surface area contributed by atoms with Gasteiger partial charge in [0.15, 0.2) is 0 Å². The van der Waals surface area contributed by atoms with Crippen molar-refractivity contribution in [2.45, 2.75) is 16.7 Å². The molecule has 31 heteroatoms. The van der Waals surface area contributed by atoms with Gasteiger partial charge in [0.1, 0.15) is 57.6 Å². The second kappa shape index (κ2) is 22.1. The maximum Gasteiger partial charge on any atom is 1.00 e. The van der Waals surface area contributed by atoms with Gasteiger partial charge in [-0.05, 0) is 90.4 Å². The van der Waals surface area contributed by atoms with Crippen molar-refractivity contribution in [1.82, 2.24) is 0 Å². The van der Waals surface area contributed by atoms with E-state index < -0.39 is 117 Å². The van der Waals surface area contributed by atoms with Crippen LogP contribution in [0.4, 0.5) is 34.1 Å². The number of carbonyl (C=O) groups is 2. The van der Waals surface area contributed by atoms with Gasteiger partial charge in [-0.25, -0.2) is 33.7 Å². The fraction of sp³-hybridized carbons (Fsp3) is 0.0588. The van der Waals surface area contributed by atoms with Gasteiger partial charge in [0, 0.05) is 17.4 Å². The summed E-state index contributed by atoms with van der Waals surface area (Å²) in [6.07, 6.45) is 1.34. The standard InChI is InChI=1S/C34H28N8O15S4.4Na/c1-15-7-25(40-42-32-28(61(54,55)56)11-17-9-21(59(48,49)50)13-23(36)30(17)34(32)44)26(57-2)14-24(15)39-37-18-3-5-19(6-4-18)38-41-31-27(60(51,52)53)10-16-8-20(58(45,46)47)12-22(35)29(16)33(31)43;;;;/h3-14,38,40H,35-36H2,1-2H3,(H,45,46,47)(H,48,49,50)(H,51,52,53)(H,54,55,56);;;;/q;4*+1/p-4/b39-37?,41-31+,42-32-;;;;. The number of hydrazone groups is 2. The van der Waals surface area contributed by atoms with Crippen molar-refractivity contribution >= 4 is 110 Å². The molecule has 0 saturated heterocycles. The number of Topliss-reactive ketones (excluding diaryl/α,β-unsaturated/α-hetero) is 2. The number of carbonyl (C=O) groups excluding carboxylic acids is 2. The van der Waals surface area contributed by atoms with Crippen LogP contribution in [0.1, 0.15) is 37.4 Å². The third-order valence-corrected chi connectivity index (χ3v) is 12.0. The number of benzene rings is 4. The van der Waals surface area contributed by atoms with E-state index >= 15 is 0 Å². The molecule has 0 spiro atoms. The Morgan fingerprint density at radius 1 is 0.585 bits per heavy atom. The van der Waals surface area contributed by atoms with E-state index in [-0.39, 0.29) is 147 Å². The average Bonchev–Trinajstić information content (AvgIpc) is 3.15. The number of allylic oxidation sites excluding steroid dienone is 2. The first kappa shape index (κ1) is 58.4. The van der Waals surface area contributed by atoms with E-state index in [1.54, 1.807) is 6.92 Å². The summed E-state index contributed by atoms with van der Waals surface area (Å²) < 4.78 is 147. The Bertz CT molecular complexity index is 3260. The molecule has 0 bridgehead atoms. The molecular formula is C34H24N8Na4O15S4. The number of anilines is 4. The van der Waals surface area contributed by atoms with Gasteiger partial charge >= 0.3 is 118 Å². The first-order valence-corrected chi connectivity index (χ1v) is 22.0. The Kier molecular flexibility index (Phi) is 19.9. The van der Waals surface area contributed by atoms with Gasteiger partial charge in [0.25, 0.3) is 0 Å². The Labute approximate surface area is 458 Å². The van der Waals surface area contributed by atoms with Gasteiger partial charge in [-0.2, -0.15) is 20.4 Å². The molecule has 0 heterocycles. The first-order chi connectivity index (χ1) is 28.3. The number of nitrogens with zero attached hydrogens (tertiary/aromatic N) is 4. The van der Waals surface area contributed by atoms with Gasteiger partial charge in [-0.3, -0.25) is 20.4 Å². The summed E-state index contributed by atoms with van der Waals surface area (Å²) >= 11 is 0. The summed E-state index contributed by atoms with van der Waals surface area (Å²) in [5, 5.41) is 16.0. The number of ketones is 2. The molecule has 6 rings (SSSR count). The molecule has 4 aromatic rings. The molecule has 0 radical (unpaired) electrons. The number of nitrogen functional groups attached to an aromatic ring is 2. The fourth-order valence-electron chi connectivity index (χ4n) is 5.82. The molecule has 4 aromatic carbocycles. The number of methoxy groups -OCH3 is 1. The van der Waals surface area contributed by atoms with E-state index in [0.717, 1.165) is 0 Å². The van der Waals surface area contributed by atoms with Gasteiger partial charge in [0.2, 0.25) is 11.6 Å². The Hall–Kier alpha value is -2.72. The second-order valence-electron chi connectivity index (χ2n) is 12.7. The number of hydrogen-bond donors (Lipinski definition) is 4. The van der Waals surface area contributed by atoms with Crippen LogP contribution in [0, 0.1) is 6.92 Å². The van der Waals surface area contributed by atoms with Crippen LogP contribution in [-0.2, 0) is 40.5 Å². The van der Waals surface area contributed by atoms with Crippen molar-refractivity contribution in [2.75, 3.05) is 29.4 Å². The largest absolute Gasteiger partial charge is 1.00 e. The number of rotatable bonds is 11. The van der Waals surface area contributed by atoms with Crippen molar-refractivity contribution < 1.29 is 184 Å². The second-order valence-corrected chi connectivity index (χ2v) is 18.1. The third kappa shape index (κ3) is 13.1. The Balaban J connectivity index is 0.00000363. The van der Waals surface area contributed by atoms with E-state index in [9.17, 15) is 61.5 Å². The van der Waals surface area contributed by atoms with Crippen LogP contribution in [0.2, 0.25) is 0 Å². The Morgan fingerprint density at radius 2 is 1.02 bits per heavy atom. The molecular weight excluding hydrogens is 981 g/mol. The maximum absolute atomic E-state index is 13.4. The zero-order chi connectivity index (χ0) is 45.0. The molecule has 0 atom stereocenters. The van der Waals surface area contributed by atoms with Crippen molar-refractivity contribution in [3.8, 4) is 5.75 Å². The molecule has 0 saturated carbocycles. The van der Waals surface area contributed by atoms with Crippen LogP contribution in [0.3, 0.4) is 0 Å². The number of nitrogens with one attached hydrogen (secondary N) is 2. The normalized spacial score (nSPS) is 15.0. The summed E-state index contributed by atoms with van der Waals surface area (Å²) in [5.41, 5.74) is 13.3. The van der Waals surface area contributed by atoms with E-state index in [4.69, 9.17) is 16.2 Å². The van der Waals surface area contributed by atoms with Crippen LogP contribution in [0.5, 0.6) is 5.75 Å². The minimum absolute atomic E-state index is 0. The van der Waals surface area contributed by atoms with Crippen molar-refractivity contribution in [3.63, 3.8) is 0 Å². The number of hydrogen-bond acceptors (Lipinski definition) is 23. The summed E-state index contributed by atoms with van der Waals surface area (Å²) in [6, 6.07) is 11.3.